The molecule has 0 saturated carbocycles. The molecule has 4 amide bonds. The van der Waals surface area contributed by atoms with Crippen LogP contribution in [0, 0.1) is 0 Å². The smallest absolute Gasteiger partial charge is 0.261 e. The largest absolute Gasteiger partial charge is 0.376 e. The summed E-state index contributed by atoms with van der Waals surface area (Å²) in [6, 6.07) is 4.73. The lowest BCUT2D eigenvalue weighted by Gasteiger charge is -2.34. The van der Waals surface area contributed by atoms with Gasteiger partial charge in [-0.05, 0) is 37.5 Å². The third kappa shape index (κ3) is 4.68. The van der Waals surface area contributed by atoms with E-state index in [1.807, 2.05) is 11.8 Å². The van der Waals surface area contributed by atoms with E-state index in [1.54, 1.807) is 17.0 Å². The second-order valence-electron chi connectivity index (χ2n) is 8.53. The molecule has 32 heavy (non-hydrogen) atoms. The fourth-order valence-electron chi connectivity index (χ4n) is 4.40. The van der Waals surface area contributed by atoms with E-state index >= 15 is 0 Å². The molecule has 2 fully saturated rings. The second kappa shape index (κ2) is 9.79. The number of hydrogen-bond donors (Lipinski definition) is 1. The highest BCUT2D eigenvalue weighted by Crippen LogP contribution is 2.26. The first-order chi connectivity index (χ1) is 15.5. The van der Waals surface area contributed by atoms with E-state index in [9.17, 15) is 19.2 Å². The maximum atomic E-state index is 13.0. The van der Waals surface area contributed by atoms with Gasteiger partial charge in [0.25, 0.3) is 17.7 Å². The summed E-state index contributed by atoms with van der Waals surface area (Å²) in [7, 11) is 0. The number of carbonyl (C=O) groups is 4. The molecule has 4 rings (SSSR count). The molecule has 9 heteroatoms. The molecule has 3 heterocycles. The number of hydrogen-bond acceptors (Lipinski definition) is 6. The van der Waals surface area contributed by atoms with Crippen molar-refractivity contribution in [2.45, 2.75) is 32.3 Å². The van der Waals surface area contributed by atoms with Crippen LogP contribution < -0.4 is 5.32 Å². The summed E-state index contributed by atoms with van der Waals surface area (Å²) in [5.74, 6) is -0.853. The topological polar surface area (TPSA) is 99.3 Å². The molecule has 3 aliphatic heterocycles. The molecular formula is C23H30N4O5. The molecule has 0 bridgehead atoms. The van der Waals surface area contributed by atoms with Crippen LogP contribution in [0.5, 0.6) is 0 Å². The average Bonchev–Trinajstić information content (AvgIpc) is 3.40. The van der Waals surface area contributed by atoms with E-state index in [2.05, 4.69) is 5.32 Å². The highest BCUT2D eigenvalue weighted by molar-refractivity contribution is 6.22. The van der Waals surface area contributed by atoms with Crippen LogP contribution in [0.2, 0.25) is 0 Å². The van der Waals surface area contributed by atoms with Crippen LogP contribution in [0.4, 0.5) is 0 Å². The molecule has 3 aliphatic rings. The van der Waals surface area contributed by atoms with Crippen molar-refractivity contribution in [3.05, 3.63) is 34.9 Å². The average molecular weight is 443 g/mol. The van der Waals surface area contributed by atoms with E-state index in [1.165, 1.54) is 11.0 Å². The number of nitrogens with zero attached hydrogens (tertiary/aromatic N) is 3. The Morgan fingerprint density at radius 1 is 1.09 bits per heavy atom. The summed E-state index contributed by atoms with van der Waals surface area (Å²) < 4.78 is 5.57. The zero-order chi connectivity index (χ0) is 22.7. The Morgan fingerprint density at radius 2 is 1.84 bits per heavy atom. The van der Waals surface area contributed by atoms with Gasteiger partial charge in [0.15, 0.2) is 0 Å². The lowest BCUT2D eigenvalue weighted by Crippen LogP contribution is -2.51. The van der Waals surface area contributed by atoms with Crippen LogP contribution in [0.25, 0.3) is 0 Å². The van der Waals surface area contributed by atoms with Crippen LogP contribution in [-0.4, -0.2) is 96.9 Å². The van der Waals surface area contributed by atoms with Crippen LogP contribution in [-0.2, 0) is 9.53 Å². The van der Waals surface area contributed by atoms with Crippen molar-refractivity contribution in [2.24, 2.45) is 0 Å². The molecule has 0 aromatic heterocycles. The van der Waals surface area contributed by atoms with Gasteiger partial charge in [0, 0.05) is 44.9 Å². The minimum Gasteiger partial charge on any atom is -0.376 e. The summed E-state index contributed by atoms with van der Waals surface area (Å²) in [6.07, 6.45) is 2.56. The Labute approximate surface area is 187 Å². The van der Waals surface area contributed by atoms with Gasteiger partial charge in [0.2, 0.25) is 5.91 Å². The van der Waals surface area contributed by atoms with E-state index < -0.39 is 0 Å². The summed E-state index contributed by atoms with van der Waals surface area (Å²) in [5, 5.41) is 2.86. The summed E-state index contributed by atoms with van der Waals surface area (Å²) in [4.78, 5) is 55.4. The summed E-state index contributed by atoms with van der Waals surface area (Å²) >= 11 is 0. The SMILES string of the molecule is CCCNC(=O)CN1CCN(C(=O)c2ccc3c(c2)C(=O)N(CC2CCCO2)C3=O)CC1. The number of rotatable bonds is 7. The van der Waals surface area contributed by atoms with Gasteiger partial charge in [-0.3, -0.25) is 29.0 Å². The number of piperazine rings is 1. The van der Waals surface area contributed by atoms with Gasteiger partial charge in [-0.1, -0.05) is 6.92 Å². The molecular weight excluding hydrogens is 412 g/mol. The highest BCUT2D eigenvalue weighted by Gasteiger charge is 2.38. The van der Waals surface area contributed by atoms with E-state index in [-0.39, 0.29) is 41.8 Å². The Balaban J connectivity index is 1.36. The molecule has 1 unspecified atom stereocenters. The van der Waals surface area contributed by atoms with Crippen molar-refractivity contribution < 1.29 is 23.9 Å². The summed E-state index contributed by atoms with van der Waals surface area (Å²) in [6.45, 7) is 6.16. The number of imide groups is 1. The van der Waals surface area contributed by atoms with Crippen molar-refractivity contribution >= 4 is 23.6 Å². The Hall–Kier alpha value is -2.78. The minimum atomic E-state index is -0.363. The first-order valence-electron chi connectivity index (χ1n) is 11.4. The van der Waals surface area contributed by atoms with Gasteiger partial charge in [-0.25, -0.2) is 0 Å². The summed E-state index contributed by atoms with van der Waals surface area (Å²) in [5.41, 5.74) is 1.02. The third-order valence-electron chi connectivity index (χ3n) is 6.23. The van der Waals surface area contributed by atoms with Gasteiger partial charge in [-0.15, -0.1) is 0 Å². The van der Waals surface area contributed by atoms with Crippen molar-refractivity contribution in [3.8, 4) is 0 Å². The van der Waals surface area contributed by atoms with Crippen LogP contribution in [0.3, 0.4) is 0 Å². The first-order valence-corrected chi connectivity index (χ1v) is 11.4. The lowest BCUT2D eigenvalue weighted by atomic mass is 10.0. The van der Waals surface area contributed by atoms with Crippen molar-refractivity contribution in [3.63, 3.8) is 0 Å². The predicted octanol–water partition coefficient (Wildman–Crippen LogP) is 0.746. The van der Waals surface area contributed by atoms with Crippen LogP contribution >= 0.6 is 0 Å². The van der Waals surface area contributed by atoms with Crippen molar-refractivity contribution in [1.82, 2.24) is 20.0 Å². The van der Waals surface area contributed by atoms with E-state index in [0.29, 0.717) is 57.0 Å². The van der Waals surface area contributed by atoms with Gasteiger partial charge in [0.05, 0.1) is 30.3 Å². The van der Waals surface area contributed by atoms with Crippen LogP contribution in [0.1, 0.15) is 57.3 Å². The molecule has 0 spiro atoms. The zero-order valence-electron chi connectivity index (χ0n) is 18.5. The maximum absolute atomic E-state index is 13.0. The molecule has 1 aromatic rings. The van der Waals surface area contributed by atoms with Gasteiger partial charge >= 0.3 is 0 Å². The molecule has 2 saturated heterocycles. The Morgan fingerprint density at radius 3 is 2.53 bits per heavy atom. The molecule has 9 nitrogen and oxygen atoms in total. The number of ether oxygens (including phenoxy) is 1. The first kappa shape index (κ1) is 22.4. The predicted molar refractivity (Wildman–Crippen MR) is 116 cm³/mol. The Kier molecular flexibility index (Phi) is 6.86. The normalized spacial score (nSPS) is 21.2. The molecule has 0 aliphatic carbocycles. The molecule has 1 aromatic carbocycles. The van der Waals surface area contributed by atoms with Crippen molar-refractivity contribution in [1.29, 1.82) is 0 Å². The quantitative estimate of drug-likeness (QED) is 0.626. The van der Waals surface area contributed by atoms with Gasteiger partial charge < -0.3 is 15.0 Å². The molecule has 1 N–H and O–H groups in total. The second-order valence-corrected chi connectivity index (χ2v) is 8.53. The minimum absolute atomic E-state index is 0.000913. The van der Waals surface area contributed by atoms with Gasteiger partial charge in [0.1, 0.15) is 0 Å². The zero-order valence-corrected chi connectivity index (χ0v) is 18.5. The number of benzene rings is 1. The third-order valence-corrected chi connectivity index (χ3v) is 6.23. The number of carbonyl (C=O) groups excluding carboxylic acids is 4. The standard InChI is InChI=1S/C23H30N4O5/c1-2-7-24-20(28)15-25-8-10-26(11-9-25)21(29)16-5-6-18-19(13-16)23(31)27(22(18)30)14-17-4-3-12-32-17/h5-6,13,17H,2-4,7-12,14-15H2,1H3,(H,24,28). The number of fused-ring (bicyclic) bond motifs is 1. The lowest BCUT2D eigenvalue weighted by molar-refractivity contribution is -0.122. The highest BCUT2D eigenvalue weighted by atomic mass is 16.5. The Bertz CT molecular complexity index is 904. The molecule has 1 atom stereocenters. The maximum Gasteiger partial charge on any atom is 0.261 e. The van der Waals surface area contributed by atoms with E-state index in [0.717, 1.165) is 19.3 Å². The number of amides is 4. The molecule has 0 radical (unpaired) electrons. The van der Waals surface area contributed by atoms with Crippen molar-refractivity contribution in [2.75, 3.05) is 52.4 Å². The van der Waals surface area contributed by atoms with E-state index in [4.69, 9.17) is 4.74 Å². The fourth-order valence-corrected chi connectivity index (χ4v) is 4.40. The monoisotopic (exact) mass is 442 g/mol. The van der Waals surface area contributed by atoms with Gasteiger partial charge in [-0.2, -0.15) is 0 Å². The number of nitrogens with one attached hydrogen (secondary N) is 1. The molecule has 172 valence electrons. The van der Waals surface area contributed by atoms with Crippen LogP contribution in [0.15, 0.2) is 18.2 Å². The fraction of sp³-hybridized carbons (Fsp3) is 0.565.